The summed E-state index contributed by atoms with van der Waals surface area (Å²) in [5.74, 6) is 0.862. The average molecular weight is 315 g/mol. The van der Waals surface area contributed by atoms with Crippen molar-refractivity contribution in [2.45, 2.75) is 28.7 Å². The van der Waals surface area contributed by atoms with Crippen molar-refractivity contribution in [3.05, 3.63) is 60.2 Å². The van der Waals surface area contributed by atoms with Gasteiger partial charge in [0.1, 0.15) is 5.75 Å². The molecular weight excluding hydrogens is 294 g/mol. The van der Waals surface area contributed by atoms with Crippen LogP contribution in [-0.4, -0.2) is 36.2 Å². The third-order valence-electron chi connectivity index (χ3n) is 4.02. The second-order valence-corrected chi connectivity index (χ2v) is 6.84. The summed E-state index contributed by atoms with van der Waals surface area (Å²) in [7, 11) is 1.67. The van der Waals surface area contributed by atoms with Crippen LogP contribution in [-0.2, 0) is 6.42 Å². The van der Waals surface area contributed by atoms with Gasteiger partial charge in [0.05, 0.1) is 13.2 Å². The summed E-state index contributed by atoms with van der Waals surface area (Å²) >= 11 is 1.75. The molecule has 1 heterocycles. The second-order valence-electron chi connectivity index (χ2n) is 5.53. The number of thioether (sulfide) groups is 1. The van der Waals surface area contributed by atoms with Crippen LogP contribution in [0.4, 0.5) is 0 Å². The molecule has 4 heteroatoms. The maximum absolute atomic E-state index is 10.6. The summed E-state index contributed by atoms with van der Waals surface area (Å²) in [5.41, 5.74) is 1.21. The normalized spacial score (nSPS) is 24.4. The summed E-state index contributed by atoms with van der Waals surface area (Å²) in [6.45, 7) is 0.835. The lowest BCUT2D eigenvalue weighted by Crippen LogP contribution is -2.34. The number of benzene rings is 2. The van der Waals surface area contributed by atoms with E-state index >= 15 is 0 Å². The Morgan fingerprint density at radius 1 is 1.14 bits per heavy atom. The fraction of sp³-hybridized carbons (Fsp3) is 0.333. The van der Waals surface area contributed by atoms with E-state index in [1.54, 1.807) is 18.9 Å². The Labute approximate surface area is 135 Å². The lowest BCUT2D eigenvalue weighted by Gasteiger charge is -2.18. The molecule has 0 aliphatic carbocycles. The van der Waals surface area contributed by atoms with Gasteiger partial charge in [0.15, 0.2) is 0 Å². The third-order valence-corrected chi connectivity index (χ3v) is 5.31. The quantitative estimate of drug-likeness (QED) is 0.890. The molecule has 3 nitrogen and oxygen atoms in total. The van der Waals surface area contributed by atoms with Gasteiger partial charge in [0.25, 0.3) is 0 Å². The molecule has 1 unspecified atom stereocenters. The second kappa shape index (κ2) is 7.18. The van der Waals surface area contributed by atoms with Gasteiger partial charge in [-0.25, -0.2) is 0 Å². The predicted octanol–water partition coefficient (Wildman–Crippen LogP) is 2.73. The molecule has 1 saturated heterocycles. The van der Waals surface area contributed by atoms with E-state index in [-0.39, 0.29) is 17.4 Å². The molecule has 0 radical (unpaired) electrons. The zero-order valence-corrected chi connectivity index (χ0v) is 13.4. The molecule has 116 valence electrons. The highest BCUT2D eigenvalue weighted by molar-refractivity contribution is 8.00. The molecule has 3 atom stereocenters. The van der Waals surface area contributed by atoms with Crippen LogP contribution in [0.2, 0.25) is 0 Å². The van der Waals surface area contributed by atoms with E-state index in [0.29, 0.717) is 0 Å². The van der Waals surface area contributed by atoms with E-state index in [0.717, 1.165) is 18.7 Å². The van der Waals surface area contributed by atoms with Gasteiger partial charge in [-0.1, -0.05) is 30.3 Å². The van der Waals surface area contributed by atoms with Crippen molar-refractivity contribution in [2.24, 2.45) is 0 Å². The first-order valence-corrected chi connectivity index (χ1v) is 8.40. The smallest absolute Gasteiger partial charge is 0.118 e. The summed E-state index contributed by atoms with van der Waals surface area (Å²) in [5, 5.41) is 14.2. The predicted molar refractivity (Wildman–Crippen MR) is 90.6 cm³/mol. The highest BCUT2D eigenvalue weighted by Gasteiger charge is 2.34. The Bertz CT molecular complexity index is 588. The van der Waals surface area contributed by atoms with Crippen LogP contribution < -0.4 is 10.1 Å². The number of hydrogen-bond donors (Lipinski definition) is 2. The Balaban J connectivity index is 1.59. The van der Waals surface area contributed by atoms with Crippen LogP contribution in [0, 0.1) is 0 Å². The Morgan fingerprint density at radius 3 is 2.55 bits per heavy atom. The highest BCUT2D eigenvalue weighted by atomic mass is 32.2. The van der Waals surface area contributed by atoms with Crippen LogP contribution in [0.3, 0.4) is 0 Å². The third kappa shape index (κ3) is 3.64. The topological polar surface area (TPSA) is 41.5 Å². The molecule has 0 aromatic heterocycles. The number of aliphatic hydroxyl groups is 1. The number of hydrogen-bond acceptors (Lipinski definition) is 4. The van der Waals surface area contributed by atoms with E-state index in [9.17, 15) is 5.11 Å². The molecule has 2 aromatic carbocycles. The molecule has 1 aliphatic rings. The molecule has 22 heavy (non-hydrogen) atoms. The highest BCUT2D eigenvalue weighted by Crippen LogP contribution is 2.30. The van der Waals surface area contributed by atoms with E-state index in [2.05, 4.69) is 29.6 Å². The van der Waals surface area contributed by atoms with Crippen molar-refractivity contribution < 1.29 is 9.84 Å². The number of aliphatic hydroxyl groups excluding tert-OH is 1. The summed E-state index contributed by atoms with van der Waals surface area (Å²) in [6.07, 6.45) is 0.490. The van der Waals surface area contributed by atoms with Crippen molar-refractivity contribution >= 4 is 11.8 Å². The summed E-state index contributed by atoms with van der Waals surface area (Å²) < 4.78 is 5.18. The zero-order valence-electron chi connectivity index (χ0n) is 12.6. The van der Waals surface area contributed by atoms with Crippen LogP contribution in [0.25, 0.3) is 0 Å². The van der Waals surface area contributed by atoms with Gasteiger partial charge in [0, 0.05) is 22.7 Å². The molecule has 1 fully saturated rings. The van der Waals surface area contributed by atoms with Gasteiger partial charge in [0.2, 0.25) is 0 Å². The van der Waals surface area contributed by atoms with Gasteiger partial charge < -0.3 is 15.2 Å². The van der Waals surface area contributed by atoms with E-state index in [4.69, 9.17) is 4.74 Å². The standard InChI is InChI=1S/C18H21NO2S/c1-21-14-9-7-13(8-10-14)11-16-18(20)17(12-19-16)22-15-5-3-2-4-6-15/h2-10,16-20H,11-12H2,1H3/t16?,17-,18-/m0/s1. The van der Waals surface area contributed by atoms with E-state index in [1.165, 1.54) is 10.5 Å². The molecule has 0 saturated carbocycles. The maximum atomic E-state index is 10.6. The number of rotatable bonds is 5. The first-order valence-electron chi connectivity index (χ1n) is 7.52. The van der Waals surface area contributed by atoms with Gasteiger partial charge in [-0.05, 0) is 36.2 Å². The zero-order chi connectivity index (χ0) is 15.4. The van der Waals surface area contributed by atoms with E-state index < -0.39 is 0 Å². The largest absolute Gasteiger partial charge is 0.497 e. The molecule has 0 spiro atoms. The van der Waals surface area contributed by atoms with Crippen molar-refractivity contribution in [1.82, 2.24) is 5.32 Å². The summed E-state index contributed by atoms with van der Waals surface area (Å²) in [6, 6.07) is 18.4. The minimum absolute atomic E-state index is 0.106. The molecule has 2 aromatic rings. The van der Waals surface area contributed by atoms with Crippen LogP contribution in [0.15, 0.2) is 59.5 Å². The first kappa shape index (κ1) is 15.4. The Morgan fingerprint density at radius 2 is 1.86 bits per heavy atom. The van der Waals surface area contributed by atoms with Gasteiger partial charge in [-0.15, -0.1) is 11.8 Å². The molecule has 0 amide bonds. The van der Waals surface area contributed by atoms with Crippen LogP contribution >= 0.6 is 11.8 Å². The van der Waals surface area contributed by atoms with E-state index in [1.807, 2.05) is 30.3 Å². The molecule has 2 N–H and O–H groups in total. The average Bonchev–Trinajstić information content (AvgIpc) is 2.90. The lowest BCUT2D eigenvalue weighted by atomic mass is 10.0. The van der Waals surface area contributed by atoms with Crippen molar-refractivity contribution in [3.8, 4) is 5.75 Å². The monoisotopic (exact) mass is 315 g/mol. The number of nitrogens with one attached hydrogen (secondary N) is 1. The number of methoxy groups -OCH3 is 1. The number of ether oxygens (including phenoxy) is 1. The van der Waals surface area contributed by atoms with Crippen molar-refractivity contribution in [3.63, 3.8) is 0 Å². The van der Waals surface area contributed by atoms with Gasteiger partial charge in [-0.2, -0.15) is 0 Å². The van der Waals surface area contributed by atoms with Crippen LogP contribution in [0.1, 0.15) is 5.56 Å². The summed E-state index contributed by atoms with van der Waals surface area (Å²) in [4.78, 5) is 1.21. The first-order chi connectivity index (χ1) is 10.8. The van der Waals surface area contributed by atoms with Crippen LogP contribution in [0.5, 0.6) is 5.75 Å². The fourth-order valence-corrected chi connectivity index (χ4v) is 3.93. The SMILES string of the molecule is COc1ccc(CC2NC[C@H](Sc3ccccc3)[C@H]2O)cc1. The Hall–Kier alpha value is -1.49. The van der Waals surface area contributed by atoms with Crippen molar-refractivity contribution in [1.29, 1.82) is 0 Å². The molecular formula is C18H21NO2S. The minimum atomic E-state index is -0.340. The molecule has 1 aliphatic heterocycles. The van der Waals surface area contributed by atoms with Gasteiger partial charge in [-0.3, -0.25) is 0 Å². The molecule has 0 bridgehead atoms. The Kier molecular flexibility index (Phi) is 5.03. The van der Waals surface area contributed by atoms with Crippen molar-refractivity contribution in [2.75, 3.05) is 13.7 Å². The van der Waals surface area contributed by atoms with Gasteiger partial charge >= 0.3 is 0 Å². The molecule has 3 rings (SSSR count). The lowest BCUT2D eigenvalue weighted by molar-refractivity contribution is 0.163. The minimum Gasteiger partial charge on any atom is -0.497 e. The fourth-order valence-electron chi connectivity index (χ4n) is 2.76. The maximum Gasteiger partial charge on any atom is 0.118 e.